The Balaban J connectivity index is 1.63. The van der Waals surface area contributed by atoms with Gasteiger partial charge in [0, 0.05) is 22.1 Å². The molecule has 1 aromatic heterocycles. The van der Waals surface area contributed by atoms with Crippen LogP contribution in [0.5, 0.6) is 0 Å². The van der Waals surface area contributed by atoms with Gasteiger partial charge in [0.25, 0.3) is 0 Å². The van der Waals surface area contributed by atoms with Gasteiger partial charge in [-0.1, -0.05) is 48.7 Å². The van der Waals surface area contributed by atoms with Gasteiger partial charge < -0.3 is 15.0 Å². The average molecular weight is 383 g/mol. The number of rotatable bonds is 5. The number of H-pyrrole nitrogens is 1. The number of aromatic amines is 1. The Morgan fingerprint density at radius 1 is 1.19 bits per heavy atom. The third-order valence-electron chi connectivity index (χ3n) is 5.25. The van der Waals surface area contributed by atoms with E-state index in [1.165, 1.54) is 32.8 Å². The van der Waals surface area contributed by atoms with Gasteiger partial charge >= 0.3 is 5.97 Å². The van der Waals surface area contributed by atoms with Gasteiger partial charge in [0.15, 0.2) is 0 Å². The van der Waals surface area contributed by atoms with Crippen molar-refractivity contribution in [3.63, 3.8) is 0 Å². The third-order valence-corrected chi connectivity index (χ3v) is 5.47. The number of nitrogens with one attached hydrogen (secondary N) is 2. The number of aromatic nitrogens is 1. The highest BCUT2D eigenvalue weighted by molar-refractivity contribution is 6.32. The number of esters is 1. The molecule has 140 valence electrons. The molecule has 1 aliphatic carbocycles. The van der Waals surface area contributed by atoms with Crippen molar-refractivity contribution in [2.75, 3.05) is 12.4 Å². The number of carbonyl (C=O) groups excluding carboxylic acids is 1. The molecule has 0 amide bonds. The van der Waals surface area contributed by atoms with Gasteiger partial charge in [-0.25, -0.2) is 0 Å². The summed E-state index contributed by atoms with van der Waals surface area (Å²) < 4.78 is 4.72. The van der Waals surface area contributed by atoms with E-state index in [4.69, 9.17) is 16.3 Å². The van der Waals surface area contributed by atoms with Crippen LogP contribution in [0.4, 0.5) is 5.69 Å². The number of halogens is 1. The molecule has 0 spiro atoms. The second-order valence-corrected chi connectivity index (χ2v) is 7.61. The lowest BCUT2D eigenvalue weighted by Gasteiger charge is -2.14. The molecule has 0 atom stereocenters. The molecular weight excluding hydrogens is 360 g/mol. The topological polar surface area (TPSA) is 54.1 Å². The quantitative estimate of drug-likeness (QED) is 0.568. The van der Waals surface area contributed by atoms with Crippen LogP contribution in [0.25, 0.3) is 22.2 Å². The molecule has 4 nitrogen and oxygen atoms in total. The number of hydrogen-bond donors (Lipinski definition) is 2. The van der Waals surface area contributed by atoms with Gasteiger partial charge in [0.05, 0.1) is 24.7 Å². The first-order valence-corrected chi connectivity index (χ1v) is 9.75. The number of anilines is 1. The summed E-state index contributed by atoms with van der Waals surface area (Å²) in [6, 6.07) is 14.6. The highest BCUT2D eigenvalue weighted by atomic mass is 35.5. The van der Waals surface area contributed by atoms with E-state index >= 15 is 0 Å². The fourth-order valence-corrected chi connectivity index (χ4v) is 4.03. The van der Waals surface area contributed by atoms with E-state index in [-0.39, 0.29) is 12.4 Å². The van der Waals surface area contributed by atoms with Crippen molar-refractivity contribution in [2.45, 2.75) is 38.1 Å². The van der Waals surface area contributed by atoms with Gasteiger partial charge in [0.2, 0.25) is 0 Å². The molecule has 1 fully saturated rings. The number of fused-ring (bicyclic) bond motifs is 1. The molecule has 5 heteroatoms. The fourth-order valence-electron chi connectivity index (χ4n) is 3.81. The summed E-state index contributed by atoms with van der Waals surface area (Å²) in [5.41, 5.74) is 5.19. The standard InChI is InChI=1S/C22H23ClN2O2/c1-27-21(26)10-14-6-8-15(9-7-14)19-12-16-11-17(23)13-20(22(16)25-19)24-18-4-2-3-5-18/h6-9,11-13,18,24-25H,2-5,10H2,1H3. The van der Waals surface area contributed by atoms with Crippen molar-refractivity contribution in [2.24, 2.45) is 0 Å². The average Bonchev–Trinajstić information content (AvgIpc) is 3.32. The molecule has 4 rings (SSSR count). The molecule has 2 N–H and O–H groups in total. The van der Waals surface area contributed by atoms with Crippen LogP contribution < -0.4 is 5.32 Å². The zero-order valence-corrected chi connectivity index (χ0v) is 16.1. The van der Waals surface area contributed by atoms with E-state index in [1.54, 1.807) is 0 Å². The Morgan fingerprint density at radius 2 is 1.93 bits per heavy atom. The number of carbonyl (C=O) groups is 1. The van der Waals surface area contributed by atoms with Gasteiger partial charge in [-0.15, -0.1) is 0 Å². The maximum absolute atomic E-state index is 11.4. The Bertz CT molecular complexity index is 956. The van der Waals surface area contributed by atoms with Crippen LogP contribution in [0.1, 0.15) is 31.2 Å². The predicted octanol–water partition coefficient (Wildman–Crippen LogP) is 5.56. The largest absolute Gasteiger partial charge is 0.469 e. The molecule has 1 aliphatic rings. The number of methoxy groups -OCH3 is 1. The Labute approximate surface area is 163 Å². The minimum atomic E-state index is -0.231. The molecular formula is C22H23ClN2O2. The number of benzene rings is 2. The second-order valence-electron chi connectivity index (χ2n) is 7.18. The van der Waals surface area contributed by atoms with Gasteiger partial charge in [-0.2, -0.15) is 0 Å². The minimum absolute atomic E-state index is 0.231. The van der Waals surface area contributed by atoms with E-state index in [2.05, 4.69) is 16.4 Å². The maximum Gasteiger partial charge on any atom is 0.309 e. The van der Waals surface area contributed by atoms with E-state index in [9.17, 15) is 4.79 Å². The third kappa shape index (κ3) is 3.96. The first-order valence-electron chi connectivity index (χ1n) is 9.37. The van der Waals surface area contributed by atoms with Crippen molar-refractivity contribution in [3.8, 4) is 11.3 Å². The van der Waals surface area contributed by atoms with Crippen LogP contribution in [-0.2, 0) is 16.0 Å². The summed E-state index contributed by atoms with van der Waals surface area (Å²) in [7, 11) is 1.41. The molecule has 3 aromatic rings. The lowest BCUT2D eigenvalue weighted by Crippen LogP contribution is -2.14. The van der Waals surface area contributed by atoms with Gasteiger partial charge in [0.1, 0.15) is 0 Å². The Hall–Kier alpha value is -2.46. The van der Waals surface area contributed by atoms with Gasteiger partial charge in [-0.05, 0) is 42.2 Å². The summed E-state index contributed by atoms with van der Waals surface area (Å²) in [6.45, 7) is 0. The van der Waals surface area contributed by atoms with Crippen molar-refractivity contribution in [3.05, 3.63) is 53.1 Å². The van der Waals surface area contributed by atoms with Crippen LogP contribution in [0, 0.1) is 0 Å². The predicted molar refractivity (Wildman–Crippen MR) is 110 cm³/mol. The van der Waals surface area contributed by atoms with Crippen molar-refractivity contribution in [1.82, 2.24) is 4.98 Å². The summed E-state index contributed by atoms with van der Waals surface area (Å²) in [4.78, 5) is 15.0. The molecule has 0 radical (unpaired) electrons. The SMILES string of the molecule is COC(=O)Cc1ccc(-c2cc3cc(Cl)cc(NC4CCCC4)c3[nH]2)cc1. The van der Waals surface area contributed by atoms with Crippen LogP contribution in [-0.4, -0.2) is 24.1 Å². The normalized spacial score (nSPS) is 14.6. The zero-order valence-electron chi connectivity index (χ0n) is 15.3. The molecule has 27 heavy (non-hydrogen) atoms. The summed E-state index contributed by atoms with van der Waals surface area (Å²) in [6.07, 6.45) is 5.28. The van der Waals surface area contributed by atoms with E-state index in [0.717, 1.165) is 38.4 Å². The first-order chi connectivity index (χ1) is 13.1. The first kappa shape index (κ1) is 17.9. The minimum Gasteiger partial charge on any atom is -0.469 e. The van der Waals surface area contributed by atoms with Crippen LogP contribution in [0.3, 0.4) is 0 Å². The smallest absolute Gasteiger partial charge is 0.309 e. The van der Waals surface area contributed by atoms with Crippen LogP contribution in [0.15, 0.2) is 42.5 Å². The highest BCUT2D eigenvalue weighted by Crippen LogP contribution is 2.33. The van der Waals surface area contributed by atoms with Crippen molar-refractivity contribution < 1.29 is 9.53 Å². The van der Waals surface area contributed by atoms with Gasteiger partial charge in [-0.3, -0.25) is 4.79 Å². The van der Waals surface area contributed by atoms with Crippen molar-refractivity contribution >= 4 is 34.2 Å². The van der Waals surface area contributed by atoms with E-state index in [0.29, 0.717) is 6.04 Å². The number of ether oxygens (including phenoxy) is 1. The van der Waals surface area contributed by atoms with Crippen LogP contribution >= 0.6 is 11.6 Å². The summed E-state index contributed by atoms with van der Waals surface area (Å²) >= 11 is 6.35. The molecule has 0 unspecified atom stereocenters. The molecule has 2 aromatic carbocycles. The number of hydrogen-bond acceptors (Lipinski definition) is 3. The molecule has 0 saturated heterocycles. The summed E-state index contributed by atoms with van der Waals surface area (Å²) in [5, 5.41) is 5.49. The fraction of sp³-hybridized carbons (Fsp3) is 0.318. The lowest BCUT2D eigenvalue weighted by atomic mass is 10.1. The Morgan fingerprint density at radius 3 is 2.63 bits per heavy atom. The second kappa shape index (κ2) is 7.65. The zero-order chi connectivity index (χ0) is 18.8. The summed E-state index contributed by atoms with van der Waals surface area (Å²) in [5.74, 6) is -0.231. The van der Waals surface area contributed by atoms with E-state index in [1.807, 2.05) is 36.4 Å². The van der Waals surface area contributed by atoms with E-state index < -0.39 is 0 Å². The monoisotopic (exact) mass is 382 g/mol. The Kier molecular flexibility index (Phi) is 5.08. The molecule has 0 aliphatic heterocycles. The maximum atomic E-state index is 11.4. The lowest BCUT2D eigenvalue weighted by molar-refractivity contribution is -0.139. The highest BCUT2D eigenvalue weighted by Gasteiger charge is 2.17. The molecule has 1 saturated carbocycles. The van der Waals surface area contributed by atoms with Crippen molar-refractivity contribution in [1.29, 1.82) is 0 Å². The molecule has 0 bridgehead atoms. The van der Waals surface area contributed by atoms with Crippen LogP contribution in [0.2, 0.25) is 5.02 Å². The molecule has 1 heterocycles.